The number of carboxylic acids is 1. The van der Waals surface area contributed by atoms with Gasteiger partial charge in [-0.15, -0.1) is 5.10 Å². The molecule has 0 fully saturated rings. The van der Waals surface area contributed by atoms with Crippen molar-refractivity contribution in [2.24, 2.45) is 0 Å². The number of halogens is 1. The third-order valence-electron chi connectivity index (χ3n) is 3.42. The van der Waals surface area contributed by atoms with E-state index in [1.165, 1.54) is 22.9 Å². The average Bonchev–Trinajstić information content (AvgIpc) is 2.91. The number of rotatable bonds is 3. The molecule has 0 radical (unpaired) electrons. The van der Waals surface area contributed by atoms with Gasteiger partial charge in [-0.25, -0.2) is 13.9 Å². The van der Waals surface area contributed by atoms with Crippen molar-refractivity contribution in [2.75, 3.05) is 0 Å². The Morgan fingerprint density at radius 3 is 2.43 bits per heavy atom. The summed E-state index contributed by atoms with van der Waals surface area (Å²) in [7, 11) is 0. The normalized spacial score (nSPS) is 10.7. The summed E-state index contributed by atoms with van der Waals surface area (Å²) in [5.41, 5.74) is 3.15. The zero-order valence-electron chi connectivity index (χ0n) is 12.6. The Morgan fingerprint density at radius 2 is 1.83 bits per heavy atom. The maximum absolute atomic E-state index is 13.6. The molecule has 0 saturated carbocycles. The van der Waals surface area contributed by atoms with Crippen LogP contribution in [0.5, 0.6) is 0 Å². The van der Waals surface area contributed by atoms with E-state index in [-0.39, 0.29) is 11.4 Å². The molecule has 0 atom stereocenters. The minimum Gasteiger partial charge on any atom is -0.476 e. The molecule has 5 nitrogen and oxygen atoms in total. The van der Waals surface area contributed by atoms with E-state index in [1.807, 2.05) is 32.0 Å². The van der Waals surface area contributed by atoms with Crippen LogP contribution in [0, 0.1) is 19.7 Å². The monoisotopic (exact) mass is 311 g/mol. The summed E-state index contributed by atoms with van der Waals surface area (Å²) in [4.78, 5) is 11.4. The molecular weight excluding hydrogens is 297 g/mol. The fourth-order valence-electron chi connectivity index (χ4n) is 2.57. The molecule has 0 spiro atoms. The lowest BCUT2D eigenvalue weighted by atomic mass is 10.1. The van der Waals surface area contributed by atoms with Gasteiger partial charge >= 0.3 is 5.97 Å². The van der Waals surface area contributed by atoms with Gasteiger partial charge in [-0.05, 0) is 49.2 Å². The lowest BCUT2D eigenvalue weighted by Crippen LogP contribution is -2.04. The molecule has 0 aliphatic carbocycles. The summed E-state index contributed by atoms with van der Waals surface area (Å²) < 4.78 is 15.0. The number of benzene rings is 2. The second kappa shape index (κ2) is 5.64. The van der Waals surface area contributed by atoms with Gasteiger partial charge in [0.05, 0.1) is 5.69 Å². The number of hydrogen-bond donors (Lipinski definition) is 1. The first-order valence-corrected chi connectivity index (χ1v) is 6.99. The Morgan fingerprint density at radius 1 is 1.13 bits per heavy atom. The minimum atomic E-state index is -1.21. The molecule has 1 N–H and O–H groups in total. The van der Waals surface area contributed by atoms with Gasteiger partial charge in [0.25, 0.3) is 0 Å². The number of aromatic nitrogens is 3. The van der Waals surface area contributed by atoms with E-state index in [9.17, 15) is 14.3 Å². The highest BCUT2D eigenvalue weighted by molar-refractivity contribution is 5.93. The second-order valence-electron chi connectivity index (χ2n) is 5.36. The third kappa shape index (κ3) is 2.83. The number of carbonyl (C=O) groups is 1. The summed E-state index contributed by atoms with van der Waals surface area (Å²) in [5, 5.41) is 17.1. The second-order valence-corrected chi connectivity index (χ2v) is 5.36. The molecule has 0 bridgehead atoms. The molecular formula is C17H14FN3O2. The largest absolute Gasteiger partial charge is 0.476 e. The number of carboxylic acid groups (broad SMARTS) is 1. The summed E-state index contributed by atoms with van der Waals surface area (Å²) in [6.07, 6.45) is 0. The van der Waals surface area contributed by atoms with Crippen molar-refractivity contribution >= 4 is 5.97 Å². The molecule has 3 rings (SSSR count). The quantitative estimate of drug-likeness (QED) is 0.805. The predicted molar refractivity (Wildman–Crippen MR) is 83.2 cm³/mol. The van der Waals surface area contributed by atoms with Gasteiger partial charge in [-0.1, -0.05) is 23.4 Å². The van der Waals surface area contributed by atoms with Crippen LogP contribution in [0.15, 0.2) is 42.5 Å². The molecule has 0 saturated heterocycles. The van der Waals surface area contributed by atoms with Crippen molar-refractivity contribution in [3.05, 3.63) is 65.1 Å². The number of aromatic carboxylic acids is 1. The molecule has 116 valence electrons. The number of aryl methyl sites for hydroxylation is 2. The van der Waals surface area contributed by atoms with Gasteiger partial charge in [-0.2, -0.15) is 0 Å². The Kier molecular flexibility index (Phi) is 3.65. The van der Waals surface area contributed by atoms with Crippen molar-refractivity contribution in [1.29, 1.82) is 0 Å². The van der Waals surface area contributed by atoms with Crippen LogP contribution < -0.4 is 0 Å². The van der Waals surface area contributed by atoms with Crippen LogP contribution in [-0.4, -0.2) is 26.1 Å². The Labute approximate surface area is 132 Å². The molecule has 1 aromatic heterocycles. The van der Waals surface area contributed by atoms with Crippen LogP contribution in [0.1, 0.15) is 21.6 Å². The highest BCUT2D eigenvalue weighted by Gasteiger charge is 2.22. The average molecular weight is 311 g/mol. The van der Waals surface area contributed by atoms with Crippen LogP contribution in [0.25, 0.3) is 16.9 Å². The molecule has 0 unspecified atom stereocenters. The Balaban J connectivity index is 2.28. The van der Waals surface area contributed by atoms with E-state index in [0.29, 0.717) is 11.3 Å². The zero-order chi connectivity index (χ0) is 16.6. The van der Waals surface area contributed by atoms with E-state index < -0.39 is 11.8 Å². The topological polar surface area (TPSA) is 68.0 Å². The molecule has 2 aromatic carbocycles. The summed E-state index contributed by atoms with van der Waals surface area (Å²) in [6.45, 7) is 3.88. The van der Waals surface area contributed by atoms with Crippen LogP contribution in [0.2, 0.25) is 0 Å². The van der Waals surface area contributed by atoms with E-state index in [0.717, 1.165) is 11.1 Å². The molecule has 0 amide bonds. The van der Waals surface area contributed by atoms with Crippen molar-refractivity contribution < 1.29 is 14.3 Å². The lowest BCUT2D eigenvalue weighted by molar-refractivity contribution is 0.0691. The summed E-state index contributed by atoms with van der Waals surface area (Å²) in [5.74, 6) is -1.66. The summed E-state index contributed by atoms with van der Waals surface area (Å²) in [6, 6.07) is 11.5. The van der Waals surface area contributed by atoms with Crippen LogP contribution in [-0.2, 0) is 0 Å². The maximum Gasteiger partial charge on any atom is 0.358 e. The van der Waals surface area contributed by atoms with Gasteiger partial charge in [0, 0.05) is 5.56 Å². The van der Waals surface area contributed by atoms with Crippen LogP contribution >= 0.6 is 0 Å². The highest BCUT2D eigenvalue weighted by atomic mass is 19.1. The van der Waals surface area contributed by atoms with Gasteiger partial charge in [0.1, 0.15) is 11.5 Å². The first kappa shape index (κ1) is 14.9. The van der Waals surface area contributed by atoms with Crippen LogP contribution in [0.3, 0.4) is 0 Å². The smallest absolute Gasteiger partial charge is 0.358 e. The van der Waals surface area contributed by atoms with Gasteiger partial charge < -0.3 is 5.11 Å². The standard InChI is InChI=1S/C17H14FN3O2/c1-10-6-11(2)8-14(7-10)21-16(15(17(22)23)19-20-21)12-4-3-5-13(18)9-12/h3-9H,1-2H3,(H,22,23). The molecule has 0 aliphatic heterocycles. The first-order chi connectivity index (χ1) is 11.0. The fraction of sp³-hybridized carbons (Fsp3) is 0.118. The van der Waals surface area contributed by atoms with E-state index in [4.69, 9.17) is 0 Å². The SMILES string of the molecule is Cc1cc(C)cc(-n2nnc(C(=O)O)c2-c2cccc(F)c2)c1. The number of nitrogens with zero attached hydrogens (tertiary/aromatic N) is 3. The fourth-order valence-corrected chi connectivity index (χ4v) is 2.57. The van der Waals surface area contributed by atoms with E-state index >= 15 is 0 Å². The van der Waals surface area contributed by atoms with Crippen molar-refractivity contribution in [2.45, 2.75) is 13.8 Å². The van der Waals surface area contributed by atoms with Crippen molar-refractivity contribution in [1.82, 2.24) is 15.0 Å². The molecule has 1 heterocycles. The van der Waals surface area contributed by atoms with E-state index in [1.54, 1.807) is 6.07 Å². The van der Waals surface area contributed by atoms with Crippen molar-refractivity contribution in [3.63, 3.8) is 0 Å². The zero-order valence-corrected chi connectivity index (χ0v) is 12.6. The number of hydrogen-bond acceptors (Lipinski definition) is 3. The first-order valence-electron chi connectivity index (χ1n) is 6.99. The molecule has 0 aliphatic rings. The summed E-state index contributed by atoms with van der Waals surface area (Å²) >= 11 is 0. The Hall–Kier alpha value is -3.02. The molecule has 23 heavy (non-hydrogen) atoms. The van der Waals surface area contributed by atoms with Gasteiger partial charge in [0.2, 0.25) is 0 Å². The Bertz CT molecular complexity index is 882. The lowest BCUT2D eigenvalue weighted by Gasteiger charge is -2.09. The van der Waals surface area contributed by atoms with Gasteiger partial charge in [-0.3, -0.25) is 0 Å². The third-order valence-corrected chi connectivity index (χ3v) is 3.42. The predicted octanol–water partition coefficient (Wildman–Crippen LogP) is 3.39. The maximum atomic E-state index is 13.6. The van der Waals surface area contributed by atoms with Crippen LogP contribution in [0.4, 0.5) is 4.39 Å². The molecule has 6 heteroatoms. The van der Waals surface area contributed by atoms with E-state index in [2.05, 4.69) is 10.3 Å². The van der Waals surface area contributed by atoms with Gasteiger partial charge in [0.15, 0.2) is 5.69 Å². The van der Waals surface area contributed by atoms with Crippen molar-refractivity contribution in [3.8, 4) is 16.9 Å². The minimum absolute atomic E-state index is 0.213. The highest BCUT2D eigenvalue weighted by Crippen LogP contribution is 2.26. The molecule has 3 aromatic rings.